The minimum atomic E-state index is -4.45. The number of aryl methyl sites for hydroxylation is 1. The average molecular weight is 438 g/mol. The Morgan fingerprint density at radius 2 is 1.81 bits per heavy atom. The molecule has 31 heavy (non-hydrogen) atoms. The van der Waals surface area contributed by atoms with Gasteiger partial charge in [-0.25, -0.2) is 4.79 Å². The molecule has 1 heterocycles. The molecule has 1 fully saturated rings. The average Bonchev–Trinajstić information content (AvgIpc) is 3.12. The van der Waals surface area contributed by atoms with E-state index in [1.165, 1.54) is 17.0 Å². The second kappa shape index (κ2) is 9.84. The Bertz CT molecular complexity index is 890. The van der Waals surface area contributed by atoms with E-state index in [0.717, 1.165) is 44.2 Å². The van der Waals surface area contributed by atoms with Gasteiger partial charge in [0.25, 0.3) is 0 Å². The van der Waals surface area contributed by atoms with Gasteiger partial charge in [0.2, 0.25) is 5.91 Å². The van der Waals surface area contributed by atoms with Crippen molar-refractivity contribution in [2.45, 2.75) is 45.2 Å². The van der Waals surface area contributed by atoms with Crippen molar-refractivity contribution < 1.29 is 27.3 Å². The van der Waals surface area contributed by atoms with E-state index in [1.54, 1.807) is 13.0 Å². The number of anilines is 2. The Hall–Kier alpha value is -3.04. The van der Waals surface area contributed by atoms with E-state index >= 15 is 0 Å². The fourth-order valence-corrected chi connectivity index (χ4v) is 3.63. The SMILES string of the molecule is Cc1cc(NC(=O)CN(CC2CCCCC2)C(=O)Nc2ccc(C(F)(F)F)cc2)no1. The van der Waals surface area contributed by atoms with Crippen LogP contribution in [0.25, 0.3) is 0 Å². The van der Waals surface area contributed by atoms with Gasteiger partial charge in [-0.2, -0.15) is 13.2 Å². The molecule has 2 N–H and O–H groups in total. The normalized spacial score (nSPS) is 14.8. The van der Waals surface area contributed by atoms with Crippen molar-refractivity contribution in [2.75, 3.05) is 23.7 Å². The first-order valence-corrected chi connectivity index (χ1v) is 10.2. The Labute approximate surface area is 178 Å². The number of urea groups is 1. The molecule has 0 spiro atoms. The third-order valence-electron chi connectivity index (χ3n) is 5.18. The van der Waals surface area contributed by atoms with Crippen LogP contribution >= 0.6 is 0 Å². The third kappa shape index (κ3) is 6.73. The molecule has 1 aliphatic carbocycles. The quantitative estimate of drug-likeness (QED) is 0.660. The predicted molar refractivity (Wildman–Crippen MR) is 108 cm³/mol. The van der Waals surface area contributed by atoms with E-state index in [1.807, 2.05) is 0 Å². The Morgan fingerprint density at radius 3 is 2.39 bits per heavy atom. The van der Waals surface area contributed by atoms with Gasteiger partial charge in [-0.15, -0.1) is 0 Å². The van der Waals surface area contributed by atoms with Crippen molar-refractivity contribution in [1.29, 1.82) is 0 Å². The zero-order chi connectivity index (χ0) is 22.4. The lowest BCUT2D eigenvalue weighted by Gasteiger charge is -2.29. The Kier molecular flexibility index (Phi) is 7.19. The van der Waals surface area contributed by atoms with E-state index in [4.69, 9.17) is 4.52 Å². The van der Waals surface area contributed by atoms with Crippen molar-refractivity contribution >= 4 is 23.4 Å². The summed E-state index contributed by atoms with van der Waals surface area (Å²) >= 11 is 0. The monoisotopic (exact) mass is 438 g/mol. The maximum absolute atomic E-state index is 12.8. The largest absolute Gasteiger partial charge is 0.416 e. The number of aromatic nitrogens is 1. The maximum Gasteiger partial charge on any atom is 0.416 e. The topological polar surface area (TPSA) is 87.5 Å². The highest BCUT2D eigenvalue weighted by Gasteiger charge is 2.30. The number of hydrogen-bond acceptors (Lipinski definition) is 4. The summed E-state index contributed by atoms with van der Waals surface area (Å²) in [5.74, 6) is 0.624. The second-order valence-corrected chi connectivity index (χ2v) is 7.76. The molecule has 3 rings (SSSR count). The van der Waals surface area contributed by atoms with E-state index in [2.05, 4.69) is 15.8 Å². The van der Waals surface area contributed by atoms with Crippen LogP contribution in [-0.2, 0) is 11.0 Å². The van der Waals surface area contributed by atoms with E-state index in [-0.39, 0.29) is 24.0 Å². The summed E-state index contributed by atoms with van der Waals surface area (Å²) in [6, 6.07) is 5.21. The lowest BCUT2D eigenvalue weighted by atomic mass is 9.89. The summed E-state index contributed by atoms with van der Waals surface area (Å²) in [4.78, 5) is 26.7. The lowest BCUT2D eigenvalue weighted by molar-refractivity contribution is -0.137. The van der Waals surface area contributed by atoms with Crippen LogP contribution in [0.4, 0.5) is 29.5 Å². The minimum absolute atomic E-state index is 0.213. The van der Waals surface area contributed by atoms with Gasteiger partial charge < -0.3 is 20.1 Å². The zero-order valence-electron chi connectivity index (χ0n) is 17.2. The van der Waals surface area contributed by atoms with Gasteiger partial charge in [0.1, 0.15) is 12.3 Å². The molecule has 0 aliphatic heterocycles. The molecule has 0 atom stereocenters. The molecule has 1 aromatic heterocycles. The number of hydrogen-bond donors (Lipinski definition) is 2. The van der Waals surface area contributed by atoms with Crippen LogP contribution in [0.15, 0.2) is 34.9 Å². The summed E-state index contributed by atoms with van der Waals surface area (Å²) in [5.41, 5.74) is -0.578. The number of halogens is 3. The molecule has 0 radical (unpaired) electrons. The van der Waals surface area contributed by atoms with Crippen LogP contribution in [0, 0.1) is 12.8 Å². The van der Waals surface area contributed by atoms with Gasteiger partial charge in [-0.3, -0.25) is 4.79 Å². The molecule has 0 unspecified atom stereocenters. The number of carbonyl (C=O) groups is 2. The second-order valence-electron chi connectivity index (χ2n) is 7.76. The highest BCUT2D eigenvalue weighted by Crippen LogP contribution is 2.30. The molecule has 2 aromatic rings. The number of amides is 3. The molecule has 1 saturated carbocycles. The fraction of sp³-hybridized carbons (Fsp3) is 0.476. The number of rotatable bonds is 6. The standard InChI is InChI=1S/C21H25F3N4O3/c1-14-11-18(27-31-14)26-19(29)13-28(12-15-5-3-2-4-6-15)20(30)25-17-9-7-16(8-10-17)21(22,23)24/h7-11,15H,2-6,12-13H2,1H3,(H,25,30)(H,26,27,29). The zero-order valence-corrected chi connectivity index (χ0v) is 17.2. The van der Waals surface area contributed by atoms with E-state index < -0.39 is 23.7 Å². The summed E-state index contributed by atoms with van der Waals surface area (Å²) in [6.07, 6.45) is 0.780. The van der Waals surface area contributed by atoms with Crippen molar-refractivity contribution in [3.63, 3.8) is 0 Å². The molecule has 3 amide bonds. The minimum Gasteiger partial charge on any atom is -0.360 e. The molecule has 168 valence electrons. The molecule has 0 bridgehead atoms. The first-order valence-electron chi connectivity index (χ1n) is 10.2. The Balaban J connectivity index is 1.66. The van der Waals surface area contributed by atoms with Crippen molar-refractivity contribution in [3.05, 3.63) is 41.7 Å². The van der Waals surface area contributed by atoms with Gasteiger partial charge in [-0.05, 0) is 49.9 Å². The summed E-state index contributed by atoms with van der Waals surface area (Å²) in [6.45, 7) is 1.86. The molecule has 1 aromatic carbocycles. The van der Waals surface area contributed by atoms with Gasteiger partial charge in [-0.1, -0.05) is 24.4 Å². The van der Waals surface area contributed by atoms with Crippen LogP contribution in [0.1, 0.15) is 43.4 Å². The smallest absolute Gasteiger partial charge is 0.360 e. The molecular weight excluding hydrogens is 413 g/mol. The van der Waals surface area contributed by atoms with Crippen LogP contribution in [-0.4, -0.2) is 35.1 Å². The fourth-order valence-electron chi connectivity index (χ4n) is 3.63. The number of carbonyl (C=O) groups excluding carboxylic acids is 2. The molecule has 7 nitrogen and oxygen atoms in total. The van der Waals surface area contributed by atoms with Crippen LogP contribution in [0.2, 0.25) is 0 Å². The van der Waals surface area contributed by atoms with Crippen molar-refractivity contribution in [2.24, 2.45) is 5.92 Å². The highest BCUT2D eigenvalue weighted by atomic mass is 19.4. The van der Waals surface area contributed by atoms with Crippen molar-refractivity contribution in [3.8, 4) is 0 Å². The van der Waals surface area contributed by atoms with Gasteiger partial charge in [0, 0.05) is 18.3 Å². The third-order valence-corrected chi connectivity index (χ3v) is 5.18. The molecule has 10 heteroatoms. The van der Waals surface area contributed by atoms with Crippen LogP contribution in [0.3, 0.4) is 0 Å². The van der Waals surface area contributed by atoms with Crippen molar-refractivity contribution in [1.82, 2.24) is 10.1 Å². The highest BCUT2D eigenvalue weighted by molar-refractivity contribution is 5.96. The number of nitrogens with one attached hydrogen (secondary N) is 2. The summed E-state index contributed by atoms with van der Waals surface area (Å²) < 4.78 is 43.1. The maximum atomic E-state index is 12.8. The summed E-state index contributed by atoms with van der Waals surface area (Å²) in [5, 5.41) is 8.87. The number of alkyl halides is 3. The Morgan fingerprint density at radius 1 is 1.13 bits per heavy atom. The summed E-state index contributed by atoms with van der Waals surface area (Å²) in [7, 11) is 0. The first kappa shape index (κ1) is 22.6. The van der Waals surface area contributed by atoms with E-state index in [0.29, 0.717) is 12.3 Å². The van der Waals surface area contributed by atoms with Gasteiger partial charge in [0.15, 0.2) is 5.82 Å². The van der Waals surface area contributed by atoms with Crippen LogP contribution < -0.4 is 10.6 Å². The molecule has 0 saturated heterocycles. The van der Waals surface area contributed by atoms with Gasteiger partial charge in [0.05, 0.1) is 5.56 Å². The van der Waals surface area contributed by atoms with Gasteiger partial charge >= 0.3 is 12.2 Å². The number of nitrogens with zero attached hydrogens (tertiary/aromatic N) is 2. The molecular formula is C21H25F3N4O3. The van der Waals surface area contributed by atoms with E-state index in [9.17, 15) is 22.8 Å². The number of benzene rings is 1. The molecule has 1 aliphatic rings. The lowest BCUT2D eigenvalue weighted by Crippen LogP contribution is -2.43. The van der Waals surface area contributed by atoms with Crippen LogP contribution in [0.5, 0.6) is 0 Å². The predicted octanol–water partition coefficient (Wildman–Crippen LogP) is 5.05. The first-order chi connectivity index (χ1) is 14.7.